The van der Waals surface area contributed by atoms with Crippen molar-refractivity contribution in [3.63, 3.8) is 0 Å². The molecule has 0 atom stereocenters. The van der Waals surface area contributed by atoms with Gasteiger partial charge in [0.25, 0.3) is 0 Å². The molecule has 0 saturated heterocycles. The molecule has 0 spiro atoms. The molecule has 1 aromatic carbocycles. The van der Waals surface area contributed by atoms with Crippen LogP contribution in [0, 0.1) is 6.57 Å². The highest BCUT2D eigenvalue weighted by Gasteiger charge is 2.38. The van der Waals surface area contributed by atoms with Crippen LogP contribution in [0.15, 0.2) is 24.3 Å². The third kappa shape index (κ3) is 1.90. The maximum absolute atomic E-state index is 9.95. The van der Waals surface area contributed by atoms with Gasteiger partial charge in [0, 0.05) is 5.56 Å². The number of hydrogen-bond donors (Lipinski definition) is 1. The third-order valence-corrected chi connectivity index (χ3v) is 3.67. The largest absolute Gasteiger partial charge is 0.508 e. The molecule has 1 aliphatic carbocycles. The molecule has 1 aromatic rings. The highest BCUT2D eigenvalue weighted by Crippen LogP contribution is 2.43. The van der Waals surface area contributed by atoms with E-state index in [2.05, 4.69) is 4.85 Å². The number of hydrogen-bond acceptors (Lipinski definition) is 1. The molecule has 16 heavy (non-hydrogen) atoms. The number of nitrogens with zero attached hydrogens (tertiary/aromatic N) is 1. The minimum Gasteiger partial charge on any atom is -0.508 e. The third-order valence-electron chi connectivity index (χ3n) is 3.67. The first-order valence-corrected chi connectivity index (χ1v) is 5.90. The Morgan fingerprint density at radius 3 is 2.50 bits per heavy atom. The van der Waals surface area contributed by atoms with E-state index in [1.165, 1.54) is 19.3 Å². The van der Waals surface area contributed by atoms with Crippen LogP contribution in [0.3, 0.4) is 0 Å². The molecule has 2 nitrogen and oxygen atoms in total. The highest BCUT2D eigenvalue weighted by atomic mass is 16.3. The van der Waals surface area contributed by atoms with Crippen molar-refractivity contribution in [1.82, 2.24) is 0 Å². The highest BCUT2D eigenvalue weighted by molar-refractivity contribution is 5.39. The average molecular weight is 215 g/mol. The van der Waals surface area contributed by atoms with Crippen LogP contribution in [-0.2, 0) is 5.41 Å². The molecule has 0 bridgehead atoms. The number of benzene rings is 1. The van der Waals surface area contributed by atoms with Crippen LogP contribution in [0.1, 0.15) is 37.7 Å². The van der Waals surface area contributed by atoms with Crippen LogP contribution < -0.4 is 0 Å². The van der Waals surface area contributed by atoms with E-state index in [0.717, 1.165) is 18.4 Å². The van der Waals surface area contributed by atoms with Crippen LogP contribution in [0.2, 0.25) is 0 Å². The van der Waals surface area contributed by atoms with Gasteiger partial charge in [-0.25, -0.2) is 6.57 Å². The lowest BCUT2D eigenvalue weighted by molar-refractivity contribution is 0.302. The fourth-order valence-corrected chi connectivity index (χ4v) is 2.81. The van der Waals surface area contributed by atoms with Crippen molar-refractivity contribution in [2.75, 3.05) is 6.54 Å². The molecule has 0 heterocycles. The number of phenolic OH excluding ortho intramolecular Hbond substituents is 1. The summed E-state index contributed by atoms with van der Waals surface area (Å²) in [6, 6.07) is 7.50. The van der Waals surface area contributed by atoms with E-state index < -0.39 is 0 Å². The molecule has 1 aliphatic rings. The quantitative estimate of drug-likeness (QED) is 0.750. The summed E-state index contributed by atoms with van der Waals surface area (Å²) in [6.07, 6.45) is 5.67. The van der Waals surface area contributed by atoms with Crippen LogP contribution in [0.4, 0.5) is 0 Å². The van der Waals surface area contributed by atoms with E-state index in [-0.39, 0.29) is 5.41 Å². The Morgan fingerprint density at radius 2 is 1.88 bits per heavy atom. The van der Waals surface area contributed by atoms with E-state index in [1.807, 2.05) is 18.2 Å². The average Bonchev–Trinajstić information content (AvgIpc) is 2.31. The van der Waals surface area contributed by atoms with Gasteiger partial charge >= 0.3 is 0 Å². The first-order chi connectivity index (χ1) is 7.78. The van der Waals surface area contributed by atoms with Crippen molar-refractivity contribution in [2.24, 2.45) is 0 Å². The number of rotatable bonds is 2. The first kappa shape index (κ1) is 11.0. The van der Waals surface area contributed by atoms with Gasteiger partial charge in [-0.15, -0.1) is 0 Å². The Morgan fingerprint density at radius 1 is 1.19 bits per heavy atom. The number of para-hydroxylation sites is 1. The second-order valence-electron chi connectivity index (χ2n) is 4.67. The zero-order valence-corrected chi connectivity index (χ0v) is 9.45. The normalized spacial score (nSPS) is 18.9. The molecule has 0 aromatic heterocycles. The second kappa shape index (κ2) is 4.57. The summed E-state index contributed by atoms with van der Waals surface area (Å²) < 4.78 is 0. The maximum Gasteiger partial charge on any atom is 0.224 e. The smallest absolute Gasteiger partial charge is 0.224 e. The van der Waals surface area contributed by atoms with E-state index in [4.69, 9.17) is 6.57 Å². The van der Waals surface area contributed by atoms with Gasteiger partial charge in [0.15, 0.2) is 0 Å². The van der Waals surface area contributed by atoms with E-state index in [9.17, 15) is 5.11 Å². The summed E-state index contributed by atoms with van der Waals surface area (Å²) >= 11 is 0. The van der Waals surface area contributed by atoms with Crippen molar-refractivity contribution >= 4 is 0 Å². The zero-order chi connectivity index (χ0) is 11.4. The minimum absolute atomic E-state index is 0.0919. The maximum atomic E-state index is 9.95. The fourth-order valence-electron chi connectivity index (χ4n) is 2.81. The molecule has 2 rings (SSSR count). The Balaban J connectivity index is 2.39. The summed E-state index contributed by atoms with van der Waals surface area (Å²) in [5, 5.41) is 9.95. The van der Waals surface area contributed by atoms with Gasteiger partial charge in [-0.3, -0.25) is 0 Å². The molecule has 1 N–H and O–H groups in total. The van der Waals surface area contributed by atoms with Gasteiger partial charge < -0.3 is 9.95 Å². The second-order valence-corrected chi connectivity index (χ2v) is 4.67. The van der Waals surface area contributed by atoms with E-state index >= 15 is 0 Å². The van der Waals surface area contributed by atoms with Gasteiger partial charge in [-0.2, -0.15) is 0 Å². The number of aromatic hydroxyl groups is 1. The van der Waals surface area contributed by atoms with Crippen molar-refractivity contribution in [3.8, 4) is 5.75 Å². The predicted molar refractivity (Wildman–Crippen MR) is 64.3 cm³/mol. The first-order valence-electron chi connectivity index (χ1n) is 5.90. The monoisotopic (exact) mass is 215 g/mol. The predicted octanol–water partition coefficient (Wildman–Crippen LogP) is 3.51. The molecular formula is C14H17NO. The van der Waals surface area contributed by atoms with Crippen LogP contribution in [0.25, 0.3) is 4.85 Å². The Bertz CT molecular complexity index is 399. The summed E-state index contributed by atoms with van der Waals surface area (Å²) in [7, 11) is 0. The molecule has 1 fully saturated rings. The molecular weight excluding hydrogens is 198 g/mol. The number of phenols is 1. The van der Waals surface area contributed by atoms with Gasteiger partial charge in [-0.05, 0) is 18.9 Å². The zero-order valence-electron chi connectivity index (χ0n) is 9.45. The topological polar surface area (TPSA) is 24.6 Å². The Hall–Kier alpha value is -1.49. The van der Waals surface area contributed by atoms with Gasteiger partial charge in [-0.1, -0.05) is 37.5 Å². The molecule has 1 saturated carbocycles. The molecule has 0 unspecified atom stereocenters. The molecule has 0 aliphatic heterocycles. The standard InChI is InChI=1S/C14H17NO/c1-15-11-14(9-5-2-6-10-14)12-7-3-4-8-13(12)16/h3-4,7-8,16H,2,5-6,9-11H2. The summed E-state index contributed by atoms with van der Waals surface area (Å²) in [4.78, 5) is 3.59. The molecule has 2 heteroatoms. The lowest BCUT2D eigenvalue weighted by Crippen LogP contribution is -2.31. The Labute approximate surface area is 96.7 Å². The minimum atomic E-state index is -0.0919. The lowest BCUT2D eigenvalue weighted by atomic mass is 9.69. The SMILES string of the molecule is [C-]#[N+]CC1(c2ccccc2O)CCCCC1. The van der Waals surface area contributed by atoms with Crippen molar-refractivity contribution < 1.29 is 5.11 Å². The van der Waals surface area contributed by atoms with Gasteiger partial charge in [0.05, 0.1) is 5.41 Å². The summed E-state index contributed by atoms with van der Waals surface area (Å²) in [6.45, 7) is 7.63. The van der Waals surface area contributed by atoms with Crippen LogP contribution in [-0.4, -0.2) is 11.7 Å². The molecule has 0 radical (unpaired) electrons. The van der Waals surface area contributed by atoms with E-state index in [0.29, 0.717) is 12.3 Å². The fraction of sp³-hybridized carbons (Fsp3) is 0.500. The Kier molecular flexibility index (Phi) is 3.14. The van der Waals surface area contributed by atoms with E-state index in [1.54, 1.807) is 6.07 Å². The van der Waals surface area contributed by atoms with Gasteiger partial charge in [0.1, 0.15) is 5.75 Å². The van der Waals surface area contributed by atoms with Crippen LogP contribution in [0.5, 0.6) is 5.75 Å². The summed E-state index contributed by atoms with van der Waals surface area (Å²) in [5.41, 5.74) is 0.886. The van der Waals surface area contributed by atoms with Gasteiger partial charge in [0.2, 0.25) is 6.54 Å². The summed E-state index contributed by atoms with van der Waals surface area (Å²) in [5.74, 6) is 0.355. The molecule has 84 valence electrons. The van der Waals surface area contributed by atoms with Crippen LogP contribution >= 0.6 is 0 Å². The van der Waals surface area contributed by atoms with Crippen molar-refractivity contribution in [2.45, 2.75) is 37.5 Å². The molecule has 0 amide bonds. The lowest BCUT2D eigenvalue weighted by Gasteiger charge is -2.33. The van der Waals surface area contributed by atoms with Crippen molar-refractivity contribution in [1.29, 1.82) is 0 Å². The van der Waals surface area contributed by atoms with Crippen molar-refractivity contribution in [3.05, 3.63) is 41.2 Å².